The van der Waals surface area contributed by atoms with Gasteiger partial charge >= 0.3 is 0 Å². The van der Waals surface area contributed by atoms with Gasteiger partial charge in [0, 0.05) is 23.7 Å². The number of hydrogen-bond donors (Lipinski definition) is 3. The fourth-order valence-corrected chi connectivity index (χ4v) is 3.63. The number of carbonyl (C=O) groups excluding carboxylic acids is 1. The number of amides is 1. The molecule has 6 nitrogen and oxygen atoms in total. The van der Waals surface area contributed by atoms with Gasteiger partial charge in [0.15, 0.2) is 0 Å². The van der Waals surface area contributed by atoms with E-state index >= 15 is 0 Å². The van der Waals surface area contributed by atoms with Gasteiger partial charge in [0.25, 0.3) is 5.91 Å². The summed E-state index contributed by atoms with van der Waals surface area (Å²) in [6.45, 7) is 7.79. The molecule has 4 N–H and O–H groups in total. The first-order valence-corrected chi connectivity index (χ1v) is 9.72. The third-order valence-corrected chi connectivity index (χ3v) is 5.17. The minimum absolute atomic E-state index is 0. The maximum Gasteiger partial charge on any atom is 0.251 e. The lowest BCUT2D eigenvalue weighted by Crippen LogP contribution is -2.41. The molecule has 1 amide bonds. The number of benzene rings is 1. The van der Waals surface area contributed by atoms with Gasteiger partial charge in [0.1, 0.15) is 0 Å². The summed E-state index contributed by atoms with van der Waals surface area (Å²) in [6, 6.07) is 5.84. The second kappa shape index (κ2) is 10.1. The molecule has 1 atom stereocenters. The standard InChI is InChI=1S/C17H29N3O3S.ClH/c1-5-6-7-14(12-18)19-16(21)13-8-10-15(11-9-13)24(22,23)20-17(2,3)4;/h8-11,14,20H,5-7,12,18H2,1-4H3,(H,19,21);1H. The zero-order valence-corrected chi connectivity index (χ0v) is 17.0. The van der Waals surface area contributed by atoms with Crippen LogP contribution in [0, 0.1) is 0 Å². The van der Waals surface area contributed by atoms with Crippen molar-refractivity contribution in [2.24, 2.45) is 5.73 Å². The Morgan fingerprint density at radius 1 is 1.20 bits per heavy atom. The lowest BCUT2D eigenvalue weighted by molar-refractivity contribution is 0.0935. The number of sulfonamides is 1. The van der Waals surface area contributed by atoms with Crippen molar-refractivity contribution in [2.45, 2.75) is 63.4 Å². The first kappa shape index (κ1) is 23.9. The van der Waals surface area contributed by atoms with E-state index in [0.29, 0.717) is 12.1 Å². The van der Waals surface area contributed by atoms with E-state index in [0.717, 1.165) is 19.3 Å². The molecule has 0 aliphatic rings. The van der Waals surface area contributed by atoms with Gasteiger partial charge in [-0.05, 0) is 51.5 Å². The number of nitrogens with one attached hydrogen (secondary N) is 2. The second-order valence-electron chi connectivity index (χ2n) is 6.93. The van der Waals surface area contributed by atoms with Crippen LogP contribution in [0.25, 0.3) is 0 Å². The summed E-state index contributed by atoms with van der Waals surface area (Å²) in [6.07, 6.45) is 2.87. The molecule has 8 heteroatoms. The molecule has 0 saturated carbocycles. The van der Waals surface area contributed by atoms with E-state index in [1.165, 1.54) is 24.3 Å². The first-order chi connectivity index (χ1) is 11.1. The van der Waals surface area contributed by atoms with Crippen LogP contribution in [0.15, 0.2) is 29.2 Å². The molecule has 0 heterocycles. The van der Waals surface area contributed by atoms with Crippen LogP contribution < -0.4 is 15.8 Å². The molecule has 0 fully saturated rings. The van der Waals surface area contributed by atoms with Gasteiger partial charge in [-0.15, -0.1) is 12.4 Å². The fraction of sp³-hybridized carbons (Fsp3) is 0.588. The summed E-state index contributed by atoms with van der Waals surface area (Å²) >= 11 is 0. The van der Waals surface area contributed by atoms with Gasteiger partial charge in [-0.3, -0.25) is 4.79 Å². The van der Waals surface area contributed by atoms with Gasteiger partial charge in [-0.2, -0.15) is 0 Å². The maximum atomic E-state index is 12.2. The average Bonchev–Trinajstić information content (AvgIpc) is 2.49. The van der Waals surface area contributed by atoms with Crippen LogP contribution in [-0.2, 0) is 10.0 Å². The Labute approximate surface area is 157 Å². The third kappa shape index (κ3) is 8.18. The van der Waals surface area contributed by atoms with Crippen LogP contribution in [0.4, 0.5) is 0 Å². The molecule has 0 saturated heterocycles. The smallest absolute Gasteiger partial charge is 0.251 e. The van der Waals surface area contributed by atoms with Crippen LogP contribution >= 0.6 is 12.4 Å². The molecule has 1 rings (SSSR count). The molecule has 144 valence electrons. The van der Waals surface area contributed by atoms with Crippen molar-refractivity contribution in [3.63, 3.8) is 0 Å². The number of halogens is 1. The number of nitrogens with two attached hydrogens (primary N) is 1. The summed E-state index contributed by atoms with van der Waals surface area (Å²) in [5.74, 6) is -0.241. The maximum absolute atomic E-state index is 12.2. The van der Waals surface area contributed by atoms with E-state index < -0.39 is 15.6 Å². The Bertz CT molecular complexity index is 640. The SMILES string of the molecule is CCCCC(CN)NC(=O)c1ccc(S(=O)(=O)NC(C)(C)C)cc1.Cl. The molecule has 0 spiro atoms. The quantitative estimate of drug-likeness (QED) is 0.633. The highest BCUT2D eigenvalue weighted by Crippen LogP contribution is 2.14. The monoisotopic (exact) mass is 391 g/mol. The van der Waals surface area contributed by atoms with Crippen molar-refractivity contribution in [1.29, 1.82) is 0 Å². The average molecular weight is 392 g/mol. The number of hydrogen-bond acceptors (Lipinski definition) is 4. The highest BCUT2D eigenvalue weighted by Gasteiger charge is 2.22. The number of unbranched alkanes of at least 4 members (excludes halogenated alkanes) is 1. The Morgan fingerprint density at radius 3 is 2.20 bits per heavy atom. The van der Waals surface area contributed by atoms with Gasteiger partial charge in [0.2, 0.25) is 10.0 Å². The predicted molar refractivity (Wildman–Crippen MR) is 104 cm³/mol. The van der Waals surface area contributed by atoms with Crippen molar-refractivity contribution in [3.05, 3.63) is 29.8 Å². The lowest BCUT2D eigenvalue weighted by Gasteiger charge is -2.20. The van der Waals surface area contributed by atoms with Crippen molar-refractivity contribution < 1.29 is 13.2 Å². The van der Waals surface area contributed by atoms with Crippen LogP contribution in [0.1, 0.15) is 57.3 Å². The summed E-state index contributed by atoms with van der Waals surface area (Å²) in [5, 5.41) is 2.89. The summed E-state index contributed by atoms with van der Waals surface area (Å²) < 4.78 is 27.1. The largest absolute Gasteiger partial charge is 0.348 e. The molecule has 0 aliphatic heterocycles. The predicted octanol–water partition coefficient (Wildman–Crippen LogP) is 2.43. The Kier molecular flexibility index (Phi) is 9.64. The van der Waals surface area contributed by atoms with E-state index in [9.17, 15) is 13.2 Å². The molecule has 0 radical (unpaired) electrons. The number of carbonyl (C=O) groups is 1. The molecule has 25 heavy (non-hydrogen) atoms. The number of rotatable bonds is 8. The van der Waals surface area contributed by atoms with Crippen LogP contribution in [0.5, 0.6) is 0 Å². The zero-order chi connectivity index (χ0) is 18.4. The Morgan fingerprint density at radius 2 is 1.76 bits per heavy atom. The summed E-state index contributed by atoms with van der Waals surface area (Å²) in [5.41, 5.74) is 5.53. The molecule has 1 unspecified atom stereocenters. The molecular formula is C17H30ClN3O3S. The molecular weight excluding hydrogens is 362 g/mol. The molecule has 0 aliphatic carbocycles. The summed E-state index contributed by atoms with van der Waals surface area (Å²) in [4.78, 5) is 12.4. The van der Waals surface area contributed by atoms with Gasteiger partial charge in [-0.25, -0.2) is 13.1 Å². The molecule has 1 aromatic rings. The molecule has 0 bridgehead atoms. The Balaban J connectivity index is 0.00000576. The van der Waals surface area contributed by atoms with Crippen molar-refractivity contribution in [3.8, 4) is 0 Å². The van der Waals surface area contributed by atoms with Crippen molar-refractivity contribution >= 4 is 28.3 Å². The first-order valence-electron chi connectivity index (χ1n) is 8.24. The normalized spacial score (nSPS) is 13.0. The van der Waals surface area contributed by atoms with E-state index in [2.05, 4.69) is 17.0 Å². The van der Waals surface area contributed by atoms with E-state index in [4.69, 9.17) is 5.73 Å². The van der Waals surface area contributed by atoms with Crippen LogP contribution in [0.3, 0.4) is 0 Å². The minimum Gasteiger partial charge on any atom is -0.348 e. The van der Waals surface area contributed by atoms with Crippen molar-refractivity contribution in [2.75, 3.05) is 6.54 Å². The highest BCUT2D eigenvalue weighted by atomic mass is 35.5. The lowest BCUT2D eigenvalue weighted by atomic mass is 10.1. The van der Waals surface area contributed by atoms with Crippen molar-refractivity contribution in [1.82, 2.24) is 10.0 Å². The Hall–Kier alpha value is -1.15. The fourth-order valence-electron chi connectivity index (χ4n) is 2.22. The molecule has 0 aromatic heterocycles. The van der Waals surface area contributed by atoms with Gasteiger partial charge in [-0.1, -0.05) is 19.8 Å². The zero-order valence-electron chi connectivity index (χ0n) is 15.3. The van der Waals surface area contributed by atoms with Gasteiger partial charge in [0.05, 0.1) is 4.90 Å². The van der Waals surface area contributed by atoms with Crippen LogP contribution in [0.2, 0.25) is 0 Å². The topological polar surface area (TPSA) is 101 Å². The second-order valence-corrected chi connectivity index (χ2v) is 8.61. The van der Waals surface area contributed by atoms with E-state index in [1.54, 1.807) is 20.8 Å². The third-order valence-electron chi connectivity index (χ3n) is 3.39. The van der Waals surface area contributed by atoms with Gasteiger partial charge < -0.3 is 11.1 Å². The highest BCUT2D eigenvalue weighted by molar-refractivity contribution is 7.89. The summed E-state index contributed by atoms with van der Waals surface area (Å²) in [7, 11) is -3.60. The van der Waals surface area contributed by atoms with E-state index in [-0.39, 0.29) is 29.3 Å². The van der Waals surface area contributed by atoms with E-state index in [1.807, 2.05) is 0 Å². The minimum atomic E-state index is -3.60. The molecule has 1 aromatic carbocycles. The van der Waals surface area contributed by atoms with Crippen LogP contribution in [-0.4, -0.2) is 32.5 Å².